The summed E-state index contributed by atoms with van der Waals surface area (Å²) in [6, 6.07) is 0. The molecule has 0 aromatic rings. The van der Waals surface area contributed by atoms with Crippen molar-refractivity contribution < 1.29 is 28.6 Å². The molecular weight excluding hydrogens is 648 g/mol. The second-order valence-electron chi connectivity index (χ2n) is 16.2. The molecule has 0 aliphatic rings. The normalized spacial score (nSPS) is 11.9. The van der Waals surface area contributed by atoms with E-state index in [1.165, 1.54) is 148 Å². The molecule has 0 unspecified atom stereocenters. The maximum atomic E-state index is 12.7. The van der Waals surface area contributed by atoms with Gasteiger partial charge in [0.05, 0.1) is 0 Å². The van der Waals surface area contributed by atoms with Crippen molar-refractivity contribution in [1.29, 1.82) is 0 Å². The van der Waals surface area contributed by atoms with Crippen LogP contribution in [-0.4, -0.2) is 37.2 Å². The van der Waals surface area contributed by atoms with Gasteiger partial charge < -0.3 is 14.2 Å². The number of esters is 3. The van der Waals surface area contributed by atoms with E-state index in [4.69, 9.17) is 14.2 Å². The van der Waals surface area contributed by atoms with Crippen molar-refractivity contribution in [1.82, 2.24) is 0 Å². The molecule has 0 aliphatic heterocycles. The Morgan fingerprint density at radius 1 is 0.365 bits per heavy atom. The van der Waals surface area contributed by atoms with Crippen LogP contribution in [0.3, 0.4) is 0 Å². The lowest BCUT2D eigenvalue weighted by Gasteiger charge is -2.18. The number of hydrogen-bond donors (Lipinski definition) is 0. The zero-order valence-electron chi connectivity index (χ0n) is 35.3. The molecule has 6 heteroatoms. The number of hydrogen-bond acceptors (Lipinski definition) is 6. The molecule has 0 rings (SSSR count). The highest BCUT2D eigenvalue weighted by molar-refractivity contribution is 5.71. The monoisotopic (exact) mass is 737 g/mol. The Hall–Kier alpha value is -1.59. The fourth-order valence-electron chi connectivity index (χ4n) is 6.80. The molecule has 0 heterocycles. The summed E-state index contributed by atoms with van der Waals surface area (Å²) in [6.45, 7) is 8.96. The average Bonchev–Trinajstić information content (AvgIpc) is 3.12. The quantitative estimate of drug-likeness (QED) is 0.0353. The lowest BCUT2D eigenvalue weighted by atomic mass is 10.0. The topological polar surface area (TPSA) is 78.9 Å². The number of ether oxygens (including phenoxy) is 3. The molecule has 0 saturated heterocycles. The second kappa shape index (κ2) is 40.6. The van der Waals surface area contributed by atoms with Crippen LogP contribution in [0.15, 0.2) is 0 Å². The van der Waals surface area contributed by atoms with Gasteiger partial charge in [0.15, 0.2) is 6.10 Å². The van der Waals surface area contributed by atoms with Crippen LogP contribution in [0.2, 0.25) is 0 Å². The minimum absolute atomic E-state index is 0.0640. The Morgan fingerprint density at radius 3 is 0.942 bits per heavy atom. The van der Waals surface area contributed by atoms with Crippen LogP contribution < -0.4 is 0 Å². The van der Waals surface area contributed by atoms with Crippen LogP contribution in [-0.2, 0) is 28.6 Å². The van der Waals surface area contributed by atoms with Gasteiger partial charge in [-0.1, -0.05) is 214 Å². The highest BCUT2D eigenvalue weighted by Crippen LogP contribution is 2.16. The first-order chi connectivity index (χ1) is 25.4. The lowest BCUT2D eigenvalue weighted by molar-refractivity contribution is -0.167. The smallest absolute Gasteiger partial charge is 0.306 e. The summed E-state index contributed by atoms with van der Waals surface area (Å²) < 4.78 is 16.7. The Bertz CT molecular complexity index is 781. The van der Waals surface area contributed by atoms with Gasteiger partial charge in [0, 0.05) is 19.3 Å². The lowest BCUT2D eigenvalue weighted by Crippen LogP contribution is -2.30. The van der Waals surface area contributed by atoms with Gasteiger partial charge in [-0.15, -0.1) is 0 Å². The predicted octanol–water partition coefficient (Wildman–Crippen LogP) is 14.3. The van der Waals surface area contributed by atoms with E-state index in [0.717, 1.165) is 63.7 Å². The highest BCUT2D eigenvalue weighted by atomic mass is 16.6. The van der Waals surface area contributed by atoms with Crippen LogP contribution in [0.25, 0.3) is 0 Å². The third-order valence-electron chi connectivity index (χ3n) is 10.3. The molecule has 0 aliphatic carbocycles. The molecule has 0 saturated carbocycles. The Kier molecular flexibility index (Phi) is 39.4. The highest BCUT2D eigenvalue weighted by Gasteiger charge is 2.19. The minimum atomic E-state index is -0.758. The molecule has 0 N–H and O–H groups in total. The van der Waals surface area contributed by atoms with Crippen molar-refractivity contribution in [2.24, 2.45) is 5.92 Å². The van der Waals surface area contributed by atoms with E-state index in [-0.39, 0.29) is 31.1 Å². The average molecular weight is 737 g/mol. The van der Waals surface area contributed by atoms with Crippen LogP contribution >= 0.6 is 0 Å². The molecule has 0 aromatic carbocycles. The maximum absolute atomic E-state index is 12.7. The molecule has 308 valence electrons. The molecule has 0 amide bonds. The molecule has 0 aromatic heterocycles. The van der Waals surface area contributed by atoms with Gasteiger partial charge in [-0.25, -0.2) is 0 Å². The third-order valence-corrected chi connectivity index (χ3v) is 10.3. The molecular formula is C46H88O6. The van der Waals surface area contributed by atoms with Crippen molar-refractivity contribution in [3.8, 4) is 0 Å². The summed E-state index contributed by atoms with van der Waals surface area (Å²) in [4.78, 5) is 37.6. The molecule has 0 radical (unpaired) electrons. The maximum Gasteiger partial charge on any atom is 0.306 e. The van der Waals surface area contributed by atoms with Crippen LogP contribution in [0.1, 0.15) is 252 Å². The number of carbonyl (C=O) groups is 3. The van der Waals surface area contributed by atoms with Crippen molar-refractivity contribution in [2.75, 3.05) is 13.2 Å². The third kappa shape index (κ3) is 39.6. The van der Waals surface area contributed by atoms with E-state index in [0.29, 0.717) is 19.3 Å². The molecule has 0 spiro atoms. The van der Waals surface area contributed by atoms with Crippen molar-refractivity contribution in [2.45, 2.75) is 259 Å². The molecule has 0 bridgehead atoms. The fourth-order valence-corrected chi connectivity index (χ4v) is 6.80. The number of unbranched alkanes of at least 4 members (excludes halogenated alkanes) is 28. The van der Waals surface area contributed by atoms with Crippen molar-refractivity contribution in [3.05, 3.63) is 0 Å². The molecule has 1 atom stereocenters. The standard InChI is InChI=1S/C46H88O6/c1-5-7-9-11-13-15-16-17-23-27-31-35-39-46(49)52-43(40-50-44(47)37-33-29-25-20-14-12-10-8-6-2)41-51-45(48)38-34-30-26-22-19-18-21-24-28-32-36-42(3)4/h42-43H,5-41H2,1-4H3/t43-/m1/s1. The van der Waals surface area contributed by atoms with Gasteiger partial charge in [-0.05, 0) is 25.2 Å². The first kappa shape index (κ1) is 50.4. The van der Waals surface area contributed by atoms with Gasteiger partial charge in [-0.3, -0.25) is 14.4 Å². The van der Waals surface area contributed by atoms with E-state index in [1.807, 2.05) is 0 Å². The summed E-state index contributed by atoms with van der Waals surface area (Å²) in [7, 11) is 0. The predicted molar refractivity (Wildman–Crippen MR) is 220 cm³/mol. The zero-order valence-corrected chi connectivity index (χ0v) is 35.3. The van der Waals surface area contributed by atoms with E-state index in [9.17, 15) is 14.4 Å². The summed E-state index contributed by atoms with van der Waals surface area (Å²) in [5, 5.41) is 0. The Balaban J connectivity index is 4.31. The summed E-state index contributed by atoms with van der Waals surface area (Å²) in [5.41, 5.74) is 0. The SMILES string of the molecule is CCCCCCCCCCCCCCC(=O)O[C@H](COC(=O)CCCCCCCCCCC)COC(=O)CCCCCCCCCCCCC(C)C. The van der Waals surface area contributed by atoms with Gasteiger partial charge in [0.25, 0.3) is 0 Å². The van der Waals surface area contributed by atoms with Crippen molar-refractivity contribution in [3.63, 3.8) is 0 Å². The summed E-state index contributed by atoms with van der Waals surface area (Å²) in [6.07, 6.45) is 39.4. The molecule has 52 heavy (non-hydrogen) atoms. The Morgan fingerprint density at radius 2 is 0.635 bits per heavy atom. The largest absolute Gasteiger partial charge is 0.462 e. The van der Waals surface area contributed by atoms with Crippen molar-refractivity contribution >= 4 is 17.9 Å². The van der Waals surface area contributed by atoms with E-state index in [2.05, 4.69) is 27.7 Å². The van der Waals surface area contributed by atoms with Crippen LogP contribution in [0.5, 0.6) is 0 Å². The van der Waals surface area contributed by atoms with E-state index < -0.39 is 6.10 Å². The van der Waals surface area contributed by atoms with Gasteiger partial charge >= 0.3 is 17.9 Å². The van der Waals surface area contributed by atoms with Gasteiger partial charge in [0.1, 0.15) is 13.2 Å². The van der Waals surface area contributed by atoms with E-state index in [1.54, 1.807) is 0 Å². The minimum Gasteiger partial charge on any atom is -0.462 e. The molecule has 0 fully saturated rings. The fraction of sp³-hybridized carbons (Fsp3) is 0.935. The van der Waals surface area contributed by atoms with Crippen LogP contribution in [0, 0.1) is 5.92 Å². The van der Waals surface area contributed by atoms with Gasteiger partial charge in [0.2, 0.25) is 0 Å². The van der Waals surface area contributed by atoms with Crippen LogP contribution in [0.4, 0.5) is 0 Å². The Labute approximate surface area is 323 Å². The first-order valence-corrected chi connectivity index (χ1v) is 22.9. The summed E-state index contributed by atoms with van der Waals surface area (Å²) in [5.74, 6) is -0.0377. The first-order valence-electron chi connectivity index (χ1n) is 22.9. The number of carbonyl (C=O) groups excluding carboxylic acids is 3. The second-order valence-corrected chi connectivity index (χ2v) is 16.2. The summed E-state index contributed by atoms with van der Waals surface area (Å²) >= 11 is 0. The van der Waals surface area contributed by atoms with E-state index >= 15 is 0 Å². The number of rotatable bonds is 41. The van der Waals surface area contributed by atoms with Gasteiger partial charge in [-0.2, -0.15) is 0 Å². The molecule has 6 nitrogen and oxygen atoms in total. The zero-order chi connectivity index (χ0) is 38.2.